The molecule has 0 bridgehead atoms. The van der Waals surface area contributed by atoms with Gasteiger partial charge in [0.25, 0.3) is 10.1 Å². The minimum absolute atomic E-state index is 0.715. The summed E-state index contributed by atoms with van der Waals surface area (Å²) in [6.45, 7) is 0. The fourth-order valence-electron chi connectivity index (χ4n) is 3.88. The van der Waals surface area contributed by atoms with Gasteiger partial charge in [0.05, 0.1) is 28.7 Å². The Morgan fingerprint density at radius 2 is 1.24 bits per heavy atom. The lowest BCUT2D eigenvalue weighted by molar-refractivity contribution is -0.432. The lowest BCUT2D eigenvalue weighted by Crippen LogP contribution is -1.90. The molecule has 5 aromatic rings. The lowest BCUT2D eigenvalue weighted by Gasteiger charge is -2.05. The molecule has 1 aliphatic rings. The summed E-state index contributed by atoms with van der Waals surface area (Å²) in [5, 5.41) is 15.4. The normalized spacial score (nSPS) is 11.5. The SMILES string of the molecule is CS(=O)(=O)O.CSOOO.c1ccc2cc3nc4c(nc3cc2c1)-c1cccc2cccc-4c12. The summed E-state index contributed by atoms with van der Waals surface area (Å²) in [7, 11) is -3.67. The maximum absolute atomic E-state index is 9.19. The Morgan fingerprint density at radius 1 is 0.794 bits per heavy atom. The highest BCUT2D eigenvalue weighted by atomic mass is 32.2. The van der Waals surface area contributed by atoms with Gasteiger partial charge in [-0.2, -0.15) is 8.42 Å². The average Bonchev–Trinajstić information content (AvgIpc) is 3.11. The molecule has 1 aromatic heterocycles. The lowest BCUT2D eigenvalue weighted by atomic mass is 10.0. The van der Waals surface area contributed by atoms with E-state index in [2.05, 4.69) is 82.2 Å². The molecule has 0 atom stereocenters. The maximum atomic E-state index is 9.19. The van der Waals surface area contributed by atoms with Crippen molar-refractivity contribution in [2.75, 3.05) is 12.5 Å². The molecule has 0 saturated heterocycles. The molecule has 0 fully saturated rings. The van der Waals surface area contributed by atoms with E-state index in [4.69, 9.17) is 19.8 Å². The van der Waals surface area contributed by atoms with E-state index in [0.29, 0.717) is 6.26 Å². The van der Waals surface area contributed by atoms with Crippen molar-refractivity contribution < 1.29 is 27.6 Å². The minimum Gasteiger partial charge on any atom is -0.286 e. The summed E-state index contributed by atoms with van der Waals surface area (Å²) in [5.41, 5.74) is 6.31. The molecule has 0 radical (unpaired) electrons. The molecule has 34 heavy (non-hydrogen) atoms. The van der Waals surface area contributed by atoms with Crippen LogP contribution in [0, 0.1) is 0 Å². The van der Waals surface area contributed by atoms with Crippen molar-refractivity contribution in [3.05, 3.63) is 72.8 Å². The van der Waals surface area contributed by atoms with Crippen molar-refractivity contribution in [2.24, 2.45) is 0 Å². The van der Waals surface area contributed by atoms with E-state index in [1.165, 1.54) is 32.7 Å². The Morgan fingerprint density at radius 3 is 1.62 bits per heavy atom. The van der Waals surface area contributed by atoms with Gasteiger partial charge < -0.3 is 0 Å². The number of benzene rings is 4. The Balaban J connectivity index is 0.000000235. The summed E-state index contributed by atoms with van der Waals surface area (Å²) in [6, 6.07) is 25.5. The number of nitrogens with zero attached hydrogens (tertiary/aromatic N) is 2. The van der Waals surface area contributed by atoms with E-state index in [9.17, 15) is 8.42 Å². The van der Waals surface area contributed by atoms with Crippen LogP contribution in [0.15, 0.2) is 72.8 Å². The third-order valence-corrected chi connectivity index (χ3v) is 5.24. The molecule has 10 heteroatoms. The molecular weight excluding hydrogens is 476 g/mol. The van der Waals surface area contributed by atoms with E-state index in [1.807, 2.05) is 0 Å². The van der Waals surface area contributed by atoms with E-state index >= 15 is 0 Å². The number of hydrogen-bond donors (Lipinski definition) is 2. The van der Waals surface area contributed by atoms with E-state index < -0.39 is 10.1 Å². The van der Waals surface area contributed by atoms with E-state index in [0.717, 1.165) is 34.5 Å². The van der Waals surface area contributed by atoms with Crippen molar-refractivity contribution in [3.8, 4) is 22.5 Å². The van der Waals surface area contributed by atoms with Gasteiger partial charge in [0.2, 0.25) is 0 Å². The third kappa shape index (κ3) is 5.17. The summed E-state index contributed by atoms with van der Waals surface area (Å²) < 4.78 is 29.7. The largest absolute Gasteiger partial charge is 0.286 e. The monoisotopic (exact) mass is 496 g/mol. The van der Waals surface area contributed by atoms with Crippen LogP contribution in [0.1, 0.15) is 0 Å². The van der Waals surface area contributed by atoms with Gasteiger partial charge in [0.15, 0.2) is 0 Å². The summed E-state index contributed by atoms with van der Waals surface area (Å²) >= 11 is 0.929. The standard InChI is InChI=1S/C22H12N2.2CH4O3S/c1-2-6-15-12-19-18(11-14(15)5-1)23-21-16-9-3-7-13-8-4-10-17(20(13)16)22(21)24-19;1-5(2,3)4;1-5-4-3-2/h1-12H;1H3,(H,2,3,4);2H,1H3. The maximum Gasteiger partial charge on any atom is 0.261 e. The van der Waals surface area contributed by atoms with Crippen LogP contribution in [0.5, 0.6) is 0 Å². The molecule has 8 nitrogen and oxygen atoms in total. The number of fused-ring (bicyclic) bond motifs is 5. The molecule has 1 aliphatic carbocycles. The first-order valence-electron chi connectivity index (χ1n) is 9.96. The predicted octanol–water partition coefficient (Wildman–Crippen LogP) is 5.77. The zero-order chi connectivity index (χ0) is 24.3. The predicted molar refractivity (Wildman–Crippen MR) is 135 cm³/mol. The second-order valence-electron chi connectivity index (χ2n) is 7.36. The molecule has 1 heterocycles. The van der Waals surface area contributed by atoms with E-state index in [-0.39, 0.29) is 0 Å². The highest BCUT2D eigenvalue weighted by Gasteiger charge is 2.24. The van der Waals surface area contributed by atoms with Crippen molar-refractivity contribution >= 4 is 54.7 Å². The zero-order valence-corrected chi connectivity index (χ0v) is 19.8. The van der Waals surface area contributed by atoms with Crippen molar-refractivity contribution in [3.63, 3.8) is 0 Å². The molecule has 174 valence electrons. The van der Waals surface area contributed by atoms with Crippen molar-refractivity contribution in [1.29, 1.82) is 0 Å². The van der Waals surface area contributed by atoms with E-state index in [1.54, 1.807) is 6.26 Å². The Bertz CT molecular complexity index is 1500. The molecule has 4 aromatic carbocycles. The smallest absolute Gasteiger partial charge is 0.261 e. The topological polar surface area (TPSA) is 119 Å². The molecule has 0 aliphatic heterocycles. The van der Waals surface area contributed by atoms with Crippen LogP contribution in [0.4, 0.5) is 0 Å². The Hall–Kier alpha value is -3.12. The Labute approximate surface area is 200 Å². The van der Waals surface area contributed by atoms with Crippen molar-refractivity contribution in [1.82, 2.24) is 9.97 Å². The zero-order valence-electron chi connectivity index (χ0n) is 18.2. The third-order valence-electron chi connectivity index (χ3n) is 5.05. The second kappa shape index (κ2) is 10.0. The average molecular weight is 497 g/mol. The number of hydrogen-bond acceptors (Lipinski definition) is 8. The van der Waals surface area contributed by atoms with Crippen LogP contribution in [0.25, 0.3) is 55.1 Å². The summed E-state index contributed by atoms with van der Waals surface area (Å²) in [6.07, 6.45) is 2.34. The first kappa shape index (κ1) is 24.0. The summed E-state index contributed by atoms with van der Waals surface area (Å²) in [4.78, 5) is 9.97. The van der Waals surface area contributed by atoms with Gasteiger partial charge in [-0.05, 0) is 28.3 Å². The summed E-state index contributed by atoms with van der Waals surface area (Å²) in [5.74, 6) is 0. The van der Waals surface area contributed by atoms with Crippen LogP contribution < -0.4 is 0 Å². The molecule has 0 saturated carbocycles. The number of rotatable bonds is 2. The van der Waals surface area contributed by atoms with Gasteiger partial charge in [0.1, 0.15) is 0 Å². The molecule has 0 unspecified atom stereocenters. The van der Waals surface area contributed by atoms with Crippen LogP contribution in [-0.2, 0) is 19.5 Å². The fraction of sp³-hybridized carbons (Fsp3) is 0.0833. The van der Waals surface area contributed by atoms with Crippen molar-refractivity contribution in [2.45, 2.75) is 0 Å². The Kier molecular flexibility index (Phi) is 7.08. The van der Waals surface area contributed by atoms with Crippen LogP contribution in [0.2, 0.25) is 0 Å². The van der Waals surface area contributed by atoms with Gasteiger partial charge in [-0.3, -0.25) is 4.55 Å². The molecule has 0 amide bonds. The first-order valence-corrected chi connectivity index (χ1v) is 13.0. The molecular formula is C24H20N2O6S2. The molecule has 6 rings (SSSR count). The van der Waals surface area contributed by atoms with Gasteiger partial charge in [0, 0.05) is 34.8 Å². The molecule has 2 N–H and O–H groups in total. The second-order valence-corrected chi connectivity index (χ2v) is 9.30. The quantitative estimate of drug-likeness (QED) is 0.101. The highest BCUT2D eigenvalue weighted by Crippen LogP contribution is 2.45. The van der Waals surface area contributed by atoms with Gasteiger partial charge in [-0.15, -0.1) is 4.33 Å². The van der Waals surface area contributed by atoms with Crippen LogP contribution in [0.3, 0.4) is 0 Å². The minimum atomic E-state index is -3.67. The molecule has 0 spiro atoms. The van der Waals surface area contributed by atoms with Gasteiger partial charge in [-0.25, -0.2) is 15.2 Å². The first-order chi connectivity index (χ1) is 16.3. The highest BCUT2D eigenvalue weighted by molar-refractivity contribution is 7.93. The fourth-order valence-corrected chi connectivity index (χ4v) is 3.94. The van der Waals surface area contributed by atoms with Gasteiger partial charge >= 0.3 is 0 Å². The number of aromatic nitrogens is 2. The van der Waals surface area contributed by atoms with Gasteiger partial charge in [-0.1, -0.05) is 65.7 Å². The van der Waals surface area contributed by atoms with Crippen LogP contribution in [-0.4, -0.2) is 40.7 Å². The van der Waals surface area contributed by atoms with Crippen LogP contribution >= 0.6 is 12.0 Å².